The van der Waals surface area contributed by atoms with Crippen LogP contribution < -0.4 is 4.74 Å². The van der Waals surface area contributed by atoms with E-state index in [2.05, 4.69) is 26.8 Å². The molecule has 4 aromatic rings. The van der Waals surface area contributed by atoms with E-state index in [4.69, 9.17) is 16.3 Å². The van der Waals surface area contributed by atoms with E-state index in [-0.39, 0.29) is 5.56 Å². The van der Waals surface area contributed by atoms with Gasteiger partial charge in [0.1, 0.15) is 28.7 Å². The largest absolute Gasteiger partial charge is 0.481 e. The van der Waals surface area contributed by atoms with Crippen molar-refractivity contribution in [3.05, 3.63) is 88.6 Å². The fourth-order valence-electron chi connectivity index (χ4n) is 3.64. The van der Waals surface area contributed by atoms with Crippen molar-refractivity contribution in [1.29, 1.82) is 0 Å². The number of fused-ring (bicyclic) bond motifs is 3. The van der Waals surface area contributed by atoms with E-state index in [0.29, 0.717) is 22.3 Å². The highest BCUT2D eigenvalue weighted by Gasteiger charge is 2.37. The lowest BCUT2D eigenvalue weighted by atomic mass is 9.94. The second-order valence-corrected chi connectivity index (χ2v) is 8.13. The summed E-state index contributed by atoms with van der Waals surface area (Å²) in [4.78, 5) is 12.0. The number of ether oxygens (including phenoxy) is 1. The minimum Gasteiger partial charge on any atom is -0.481 e. The van der Waals surface area contributed by atoms with Gasteiger partial charge in [-0.15, -0.1) is 0 Å². The summed E-state index contributed by atoms with van der Waals surface area (Å²) in [6.45, 7) is 3.85. The van der Waals surface area contributed by atoms with Crippen LogP contribution in [-0.2, 0) is 5.60 Å². The van der Waals surface area contributed by atoms with Gasteiger partial charge in [0.25, 0.3) is 0 Å². The molecule has 0 bridgehead atoms. The summed E-state index contributed by atoms with van der Waals surface area (Å²) in [5, 5.41) is 0.297. The van der Waals surface area contributed by atoms with Crippen LogP contribution in [-0.4, -0.2) is 15.0 Å². The lowest BCUT2D eigenvalue weighted by Crippen LogP contribution is -2.29. The van der Waals surface area contributed by atoms with Crippen LogP contribution in [0.3, 0.4) is 0 Å². The van der Waals surface area contributed by atoms with Crippen LogP contribution in [0.15, 0.2) is 60.9 Å². The van der Waals surface area contributed by atoms with Gasteiger partial charge in [-0.05, 0) is 56.3 Å². The van der Waals surface area contributed by atoms with E-state index in [0.717, 1.165) is 22.4 Å². The molecular formula is C25H17ClFN3O. The third-order valence-electron chi connectivity index (χ3n) is 5.10. The van der Waals surface area contributed by atoms with Crippen LogP contribution in [0.1, 0.15) is 30.7 Å². The van der Waals surface area contributed by atoms with E-state index >= 15 is 0 Å². The van der Waals surface area contributed by atoms with Gasteiger partial charge in [0.05, 0.1) is 16.3 Å². The molecule has 6 heteroatoms. The highest BCUT2D eigenvalue weighted by molar-refractivity contribution is 6.33. The summed E-state index contributed by atoms with van der Waals surface area (Å²) in [5.41, 5.74) is 3.50. The molecule has 0 atom stereocenters. The maximum atomic E-state index is 14.5. The monoisotopic (exact) mass is 429 g/mol. The van der Waals surface area contributed by atoms with E-state index in [1.807, 2.05) is 44.2 Å². The Morgan fingerprint density at radius 3 is 2.68 bits per heavy atom. The van der Waals surface area contributed by atoms with Crippen LogP contribution in [0.5, 0.6) is 5.75 Å². The first-order valence-electron chi connectivity index (χ1n) is 9.73. The van der Waals surface area contributed by atoms with Gasteiger partial charge in [0, 0.05) is 29.1 Å². The lowest BCUT2D eigenvalue weighted by Gasteiger charge is -2.31. The molecule has 0 fully saturated rings. The molecule has 4 nitrogen and oxygen atoms in total. The first-order valence-corrected chi connectivity index (χ1v) is 10.1. The van der Waals surface area contributed by atoms with E-state index in [9.17, 15) is 4.39 Å². The Morgan fingerprint density at radius 2 is 1.90 bits per heavy atom. The molecule has 1 N–H and O–H groups in total. The van der Waals surface area contributed by atoms with Crippen LogP contribution in [0, 0.1) is 17.7 Å². The molecule has 5 rings (SSSR count). The third kappa shape index (κ3) is 3.45. The Hall–Kier alpha value is -3.62. The molecule has 0 unspecified atom stereocenters. The highest BCUT2D eigenvalue weighted by Crippen LogP contribution is 2.45. The molecule has 0 saturated carbocycles. The maximum absolute atomic E-state index is 14.5. The van der Waals surface area contributed by atoms with Gasteiger partial charge in [-0.1, -0.05) is 29.5 Å². The number of H-pyrrole nitrogens is 1. The maximum Gasteiger partial charge on any atom is 0.147 e. The average Bonchev–Trinajstić information content (AvgIpc) is 3.19. The highest BCUT2D eigenvalue weighted by atomic mass is 35.5. The predicted molar refractivity (Wildman–Crippen MR) is 118 cm³/mol. The normalized spacial score (nSPS) is 13.4. The van der Waals surface area contributed by atoms with Crippen LogP contribution >= 0.6 is 11.6 Å². The van der Waals surface area contributed by atoms with Crippen molar-refractivity contribution in [2.45, 2.75) is 19.4 Å². The zero-order valence-corrected chi connectivity index (χ0v) is 17.6. The molecule has 2 aromatic heterocycles. The number of benzene rings is 2. The second kappa shape index (κ2) is 7.26. The number of halogens is 2. The number of aromatic amines is 1. The molecule has 0 amide bonds. The van der Waals surface area contributed by atoms with Crippen molar-refractivity contribution in [3.8, 4) is 40.2 Å². The van der Waals surface area contributed by atoms with Crippen molar-refractivity contribution < 1.29 is 9.13 Å². The first kappa shape index (κ1) is 19.3. The lowest BCUT2D eigenvalue weighted by molar-refractivity contribution is 0.101. The number of imidazole rings is 1. The predicted octanol–water partition coefficient (Wildman–Crippen LogP) is 5.96. The summed E-state index contributed by atoms with van der Waals surface area (Å²) in [6.07, 6.45) is 3.43. The number of aromatic nitrogens is 3. The van der Waals surface area contributed by atoms with Crippen molar-refractivity contribution in [2.75, 3.05) is 0 Å². The summed E-state index contributed by atoms with van der Waals surface area (Å²) in [5.74, 6) is 6.87. The molecule has 0 aliphatic carbocycles. The van der Waals surface area contributed by atoms with Crippen LogP contribution in [0.2, 0.25) is 5.02 Å². The fraction of sp³-hybridized carbons (Fsp3) is 0.120. The van der Waals surface area contributed by atoms with Crippen molar-refractivity contribution >= 4 is 11.6 Å². The van der Waals surface area contributed by atoms with Gasteiger partial charge in [-0.25, -0.2) is 9.37 Å². The van der Waals surface area contributed by atoms with Gasteiger partial charge in [0.2, 0.25) is 0 Å². The number of nitrogens with zero attached hydrogens (tertiary/aromatic N) is 2. The standard InChI is InChI=1S/C25H17ClFN3O/c1-25(2)23-22(29-24(30-23)21-18(26)6-3-7-19(21)27)17-11-10-15(13-20(17)31-25)8-9-16-5-4-12-28-14-16/h3-7,10-14H,1-2H3,(H,29,30). The molecule has 1 aliphatic rings. The Labute approximate surface area is 184 Å². The fourth-order valence-corrected chi connectivity index (χ4v) is 3.89. The number of nitrogens with one attached hydrogen (secondary N) is 1. The Balaban J connectivity index is 1.60. The number of rotatable bonds is 1. The number of hydrogen-bond donors (Lipinski definition) is 1. The molecule has 0 radical (unpaired) electrons. The topological polar surface area (TPSA) is 50.8 Å². The SMILES string of the molecule is CC1(C)Oc2cc(C#Cc3cccnc3)ccc2-c2[nH]c(-c3c(F)cccc3Cl)nc21. The Bertz CT molecular complexity index is 1350. The van der Waals surface area contributed by atoms with E-state index < -0.39 is 11.4 Å². The molecule has 3 heterocycles. The van der Waals surface area contributed by atoms with Crippen LogP contribution in [0.4, 0.5) is 4.39 Å². The van der Waals surface area contributed by atoms with Crippen molar-refractivity contribution in [3.63, 3.8) is 0 Å². The number of hydrogen-bond acceptors (Lipinski definition) is 3. The summed E-state index contributed by atoms with van der Waals surface area (Å²) < 4.78 is 20.7. The third-order valence-corrected chi connectivity index (χ3v) is 5.42. The molecule has 31 heavy (non-hydrogen) atoms. The van der Waals surface area contributed by atoms with Crippen molar-refractivity contribution in [1.82, 2.24) is 15.0 Å². The van der Waals surface area contributed by atoms with Crippen molar-refractivity contribution in [2.24, 2.45) is 0 Å². The Morgan fingerprint density at radius 1 is 1.06 bits per heavy atom. The quantitative estimate of drug-likeness (QED) is 0.380. The zero-order valence-electron chi connectivity index (χ0n) is 16.8. The molecule has 2 aromatic carbocycles. The summed E-state index contributed by atoms with van der Waals surface area (Å²) >= 11 is 6.25. The van der Waals surface area contributed by atoms with Crippen LogP contribution in [0.25, 0.3) is 22.6 Å². The first-order chi connectivity index (χ1) is 14.9. The minimum atomic E-state index is -0.718. The minimum absolute atomic E-state index is 0.245. The molecule has 152 valence electrons. The zero-order chi connectivity index (χ0) is 21.6. The summed E-state index contributed by atoms with van der Waals surface area (Å²) in [7, 11) is 0. The molecular weight excluding hydrogens is 413 g/mol. The van der Waals surface area contributed by atoms with Gasteiger partial charge in [-0.3, -0.25) is 4.98 Å². The van der Waals surface area contributed by atoms with Gasteiger partial charge in [-0.2, -0.15) is 0 Å². The second-order valence-electron chi connectivity index (χ2n) is 7.72. The molecule has 1 aliphatic heterocycles. The average molecular weight is 430 g/mol. The van der Waals surface area contributed by atoms with Gasteiger partial charge in [0.15, 0.2) is 0 Å². The number of pyridine rings is 1. The molecule has 0 spiro atoms. The Kier molecular flexibility index (Phi) is 4.53. The van der Waals surface area contributed by atoms with Gasteiger partial charge < -0.3 is 9.72 Å². The molecule has 0 saturated heterocycles. The van der Waals surface area contributed by atoms with E-state index in [1.165, 1.54) is 6.07 Å². The van der Waals surface area contributed by atoms with E-state index in [1.54, 1.807) is 24.5 Å². The smallest absolute Gasteiger partial charge is 0.147 e. The summed E-state index contributed by atoms with van der Waals surface area (Å²) in [6, 6.07) is 14.1. The van der Waals surface area contributed by atoms with Gasteiger partial charge >= 0.3 is 0 Å².